The van der Waals surface area contributed by atoms with Crippen molar-refractivity contribution in [2.75, 3.05) is 6.54 Å². The Bertz CT molecular complexity index is 1270. The Labute approximate surface area is 175 Å². The quantitative estimate of drug-likeness (QED) is 0.506. The van der Waals surface area contributed by atoms with E-state index in [4.69, 9.17) is 16.1 Å². The average molecular weight is 420 g/mol. The predicted molar refractivity (Wildman–Crippen MR) is 109 cm³/mol. The smallest absolute Gasteiger partial charge is 0.324 e. The van der Waals surface area contributed by atoms with Crippen molar-refractivity contribution in [3.05, 3.63) is 65.2 Å². The average Bonchev–Trinajstić information content (AvgIpc) is 3.36. The number of urea groups is 1. The summed E-state index contributed by atoms with van der Waals surface area (Å²) in [5.74, 6) is 0.369. The Balaban J connectivity index is 1.40. The van der Waals surface area contributed by atoms with E-state index in [9.17, 15) is 9.59 Å². The zero-order chi connectivity index (χ0) is 20.7. The number of rotatable bonds is 4. The van der Waals surface area contributed by atoms with Crippen molar-refractivity contribution in [2.45, 2.75) is 6.54 Å². The van der Waals surface area contributed by atoms with Gasteiger partial charge in [-0.2, -0.15) is 4.98 Å². The van der Waals surface area contributed by atoms with Crippen LogP contribution in [0.15, 0.2) is 59.1 Å². The fourth-order valence-electron chi connectivity index (χ4n) is 3.23. The van der Waals surface area contributed by atoms with Crippen LogP contribution in [0.4, 0.5) is 4.79 Å². The second-order valence-corrected chi connectivity index (χ2v) is 7.18. The van der Waals surface area contributed by atoms with Crippen LogP contribution in [0, 0.1) is 0 Å². The van der Waals surface area contributed by atoms with E-state index in [2.05, 4.69) is 20.4 Å². The van der Waals surface area contributed by atoms with E-state index in [0.717, 1.165) is 22.0 Å². The molecule has 1 saturated heterocycles. The molecule has 1 fully saturated rings. The number of pyridine rings is 1. The highest BCUT2D eigenvalue weighted by atomic mass is 35.5. The summed E-state index contributed by atoms with van der Waals surface area (Å²) in [5, 5.41) is 7.87. The van der Waals surface area contributed by atoms with Crippen LogP contribution in [0.3, 0.4) is 0 Å². The van der Waals surface area contributed by atoms with Crippen molar-refractivity contribution < 1.29 is 14.1 Å². The number of para-hydroxylation sites is 1. The van der Waals surface area contributed by atoms with Crippen LogP contribution in [0.1, 0.15) is 5.56 Å². The van der Waals surface area contributed by atoms with Gasteiger partial charge < -0.3 is 9.84 Å². The monoisotopic (exact) mass is 419 g/mol. The normalized spacial score (nSPS) is 13.8. The Morgan fingerprint density at radius 1 is 1.07 bits per heavy atom. The van der Waals surface area contributed by atoms with Crippen LogP contribution < -0.4 is 5.32 Å². The van der Waals surface area contributed by atoms with Gasteiger partial charge >= 0.3 is 6.03 Å². The van der Waals surface area contributed by atoms with Gasteiger partial charge in [0.2, 0.25) is 11.7 Å². The SMILES string of the molecule is O=C1CNC(=O)N1Cc1ccc(-c2noc(-c3nc4ccccc4cc3Cl)n2)cc1. The maximum absolute atomic E-state index is 11.7. The van der Waals surface area contributed by atoms with Crippen LogP contribution in [-0.4, -0.2) is 38.5 Å². The van der Waals surface area contributed by atoms with Gasteiger partial charge in [-0.15, -0.1) is 0 Å². The Hall–Kier alpha value is -3.78. The van der Waals surface area contributed by atoms with Gasteiger partial charge in [-0.05, 0) is 17.7 Å². The number of hydrogen-bond donors (Lipinski definition) is 1. The van der Waals surface area contributed by atoms with Gasteiger partial charge in [0.05, 0.1) is 23.6 Å². The fourth-order valence-corrected chi connectivity index (χ4v) is 3.47. The molecule has 3 heterocycles. The molecule has 0 spiro atoms. The molecule has 30 heavy (non-hydrogen) atoms. The lowest BCUT2D eigenvalue weighted by Crippen LogP contribution is -2.30. The molecule has 1 aliphatic rings. The molecule has 0 unspecified atom stereocenters. The molecule has 5 rings (SSSR count). The lowest BCUT2D eigenvalue weighted by atomic mass is 10.1. The lowest BCUT2D eigenvalue weighted by molar-refractivity contribution is -0.125. The number of carbonyl (C=O) groups excluding carboxylic acids is 2. The van der Waals surface area contributed by atoms with Crippen molar-refractivity contribution in [1.29, 1.82) is 0 Å². The molecule has 1 N–H and O–H groups in total. The van der Waals surface area contributed by atoms with E-state index >= 15 is 0 Å². The van der Waals surface area contributed by atoms with Crippen LogP contribution in [-0.2, 0) is 11.3 Å². The molecule has 3 amide bonds. The molecule has 0 radical (unpaired) electrons. The van der Waals surface area contributed by atoms with E-state index < -0.39 is 0 Å². The van der Waals surface area contributed by atoms with Gasteiger partial charge in [0.1, 0.15) is 5.69 Å². The minimum Gasteiger partial charge on any atom is -0.332 e. The van der Waals surface area contributed by atoms with Crippen molar-refractivity contribution in [3.63, 3.8) is 0 Å². The number of imide groups is 1. The summed E-state index contributed by atoms with van der Waals surface area (Å²) in [4.78, 5) is 33.5. The minimum absolute atomic E-state index is 0.0356. The summed E-state index contributed by atoms with van der Waals surface area (Å²) in [5.41, 5.74) is 2.74. The molecular formula is C21H14ClN5O3. The number of halogens is 1. The third-order valence-corrected chi connectivity index (χ3v) is 5.08. The first-order valence-electron chi connectivity index (χ1n) is 9.15. The molecule has 0 aliphatic carbocycles. The topological polar surface area (TPSA) is 101 Å². The standard InChI is InChI=1S/C21H14ClN5O3/c22-15-9-14-3-1-2-4-16(14)24-18(15)20-25-19(26-30-20)13-7-5-12(6-8-13)11-27-17(28)10-23-21(27)29/h1-9H,10-11H2,(H,23,29). The predicted octanol–water partition coefficient (Wildman–Crippen LogP) is 3.66. The van der Waals surface area contributed by atoms with E-state index in [1.54, 1.807) is 12.1 Å². The first kappa shape index (κ1) is 18.3. The highest BCUT2D eigenvalue weighted by Crippen LogP contribution is 2.29. The van der Waals surface area contributed by atoms with E-state index in [-0.39, 0.29) is 30.9 Å². The van der Waals surface area contributed by atoms with Crippen LogP contribution in [0.25, 0.3) is 33.9 Å². The second kappa shape index (κ2) is 7.23. The molecule has 2 aromatic heterocycles. The molecule has 9 heteroatoms. The zero-order valence-electron chi connectivity index (χ0n) is 15.5. The molecule has 148 valence electrons. The van der Waals surface area contributed by atoms with Crippen molar-refractivity contribution >= 4 is 34.4 Å². The van der Waals surface area contributed by atoms with Crippen molar-refractivity contribution in [1.82, 2.24) is 25.3 Å². The van der Waals surface area contributed by atoms with Crippen LogP contribution in [0.2, 0.25) is 5.02 Å². The van der Waals surface area contributed by atoms with Gasteiger partial charge in [-0.3, -0.25) is 9.69 Å². The summed E-state index contributed by atoms with van der Waals surface area (Å²) in [6, 6.07) is 16.3. The Morgan fingerprint density at radius 3 is 2.63 bits per heavy atom. The Morgan fingerprint density at radius 2 is 1.87 bits per heavy atom. The molecule has 2 aromatic carbocycles. The van der Waals surface area contributed by atoms with Gasteiger partial charge in [-0.25, -0.2) is 9.78 Å². The molecule has 0 saturated carbocycles. The molecule has 1 aliphatic heterocycles. The zero-order valence-corrected chi connectivity index (χ0v) is 16.3. The van der Waals surface area contributed by atoms with Gasteiger partial charge in [-0.1, -0.05) is 59.2 Å². The van der Waals surface area contributed by atoms with E-state index in [1.165, 1.54) is 4.90 Å². The van der Waals surface area contributed by atoms with Gasteiger partial charge in [0, 0.05) is 10.9 Å². The first-order valence-corrected chi connectivity index (χ1v) is 9.53. The molecular weight excluding hydrogens is 406 g/mol. The molecule has 4 aromatic rings. The molecule has 0 atom stereocenters. The van der Waals surface area contributed by atoms with E-state index in [1.807, 2.05) is 42.5 Å². The van der Waals surface area contributed by atoms with Crippen LogP contribution >= 0.6 is 11.6 Å². The Kier molecular flexibility index (Phi) is 4.40. The third kappa shape index (κ3) is 3.27. The number of fused-ring (bicyclic) bond motifs is 1. The molecule has 8 nitrogen and oxygen atoms in total. The molecule has 0 bridgehead atoms. The van der Waals surface area contributed by atoms with E-state index in [0.29, 0.717) is 16.5 Å². The van der Waals surface area contributed by atoms with Gasteiger partial charge in [0.25, 0.3) is 5.89 Å². The highest BCUT2D eigenvalue weighted by molar-refractivity contribution is 6.33. The number of amides is 3. The fraction of sp³-hybridized carbons (Fsp3) is 0.0952. The highest BCUT2D eigenvalue weighted by Gasteiger charge is 2.28. The summed E-state index contributed by atoms with van der Waals surface area (Å²) in [7, 11) is 0. The summed E-state index contributed by atoms with van der Waals surface area (Å²) in [6.45, 7) is 0.243. The van der Waals surface area contributed by atoms with Crippen molar-refractivity contribution in [3.8, 4) is 23.0 Å². The third-order valence-electron chi connectivity index (χ3n) is 4.80. The maximum atomic E-state index is 11.7. The summed E-state index contributed by atoms with van der Waals surface area (Å²) in [6.07, 6.45) is 0. The van der Waals surface area contributed by atoms with Crippen LogP contribution in [0.5, 0.6) is 0 Å². The number of carbonyl (C=O) groups is 2. The summed E-state index contributed by atoms with van der Waals surface area (Å²) < 4.78 is 5.39. The largest absolute Gasteiger partial charge is 0.332 e. The van der Waals surface area contributed by atoms with Crippen molar-refractivity contribution in [2.24, 2.45) is 0 Å². The number of hydrogen-bond acceptors (Lipinski definition) is 6. The van der Waals surface area contributed by atoms with Gasteiger partial charge in [0.15, 0.2) is 0 Å². The number of aromatic nitrogens is 3. The first-order chi connectivity index (χ1) is 14.6. The summed E-state index contributed by atoms with van der Waals surface area (Å²) >= 11 is 6.36. The second-order valence-electron chi connectivity index (χ2n) is 6.77. The lowest BCUT2D eigenvalue weighted by Gasteiger charge is -2.12. The minimum atomic E-state index is -0.383. The number of nitrogens with one attached hydrogen (secondary N) is 1. The number of nitrogens with zero attached hydrogens (tertiary/aromatic N) is 4. The number of benzene rings is 2. The maximum Gasteiger partial charge on any atom is 0.324 e.